The second kappa shape index (κ2) is 8.76. The van der Waals surface area contributed by atoms with Crippen LogP contribution in [0.5, 0.6) is 0 Å². The van der Waals surface area contributed by atoms with Gasteiger partial charge in [0.05, 0.1) is 12.1 Å². The largest absolute Gasteiger partial charge is 0.341 e. The van der Waals surface area contributed by atoms with E-state index < -0.39 is 5.56 Å². The molecule has 174 valence electrons. The first kappa shape index (κ1) is 21.9. The molecule has 1 aliphatic rings. The number of aromatic amines is 1. The SMILES string of the molecule is CC#CCn1c(N2CCC[C@@H](N)C2)nc2c(=O)[nH]n(Cc3nc(C)c4ccccc4n3)c(=O)c21. The predicted molar refractivity (Wildman–Crippen MR) is 131 cm³/mol. The van der Waals surface area contributed by atoms with Gasteiger partial charge in [0.2, 0.25) is 5.95 Å². The smallest absolute Gasteiger partial charge is 0.291 e. The monoisotopic (exact) mass is 458 g/mol. The first-order valence-electron chi connectivity index (χ1n) is 11.3. The average Bonchev–Trinajstić information content (AvgIpc) is 3.21. The summed E-state index contributed by atoms with van der Waals surface area (Å²) >= 11 is 0. The Morgan fingerprint density at radius 1 is 1.21 bits per heavy atom. The standard InChI is InChI=1S/C24H26N8O2/c1-3-4-12-31-21-20(28-24(31)30-11-7-8-16(25)13-30)22(33)29-32(23(21)34)14-19-26-15(2)17-9-5-6-10-18(17)27-19/h5-6,9-10,16H,7-8,11-14,25H2,1-2H3,(H,29,33)/t16-/m1/s1. The van der Waals surface area contributed by atoms with Gasteiger partial charge in [0.25, 0.3) is 11.1 Å². The number of H-pyrrole nitrogens is 1. The molecule has 0 bridgehead atoms. The van der Waals surface area contributed by atoms with Crippen LogP contribution in [0.25, 0.3) is 21.9 Å². The second-order valence-electron chi connectivity index (χ2n) is 8.54. The second-order valence-corrected chi connectivity index (χ2v) is 8.54. The van der Waals surface area contributed by atoms with E-state index in [1.807, 2.05) is 36.1 Å². The van der Waals surface area contributed by atoms with Crippen LogP contribution in [0.3, 0.4) is 0 Å². The van der Waals surface area contributed by atoms with Gasteiger partial charge in [-0.2, -0.15) is 0 Å². The molecule has 3 N–H and O–H groups in total. The molecule has 4 aromatic rings. The molecule has 0 spiro atoms. The van der Waals surface area contributed by atoms with Crippen molar-refractivity contribution in [3.05, 3.63) is 56.5 Å². The fraction of sp³-hybridized carbons (Fsp3) is 0.375. The number of piperidine rings is 1. The number of fused-ring (bicyclic) bond motifs is 2. The van der Waals surface area contributed by atoms with Crippen LogP contribution in [0, 0.1) is 18.8 Å². The van der Waals surface area contributed by atoms with Crippen LogP contribution in [0.15, 0.2) is 33.9 Å². The Bertz CT molecular complexity index is 1570. The third kappa shape index (κ3) is 3.84. The Balaban J connectivity index is 1.64. The number of aryl methyl sites for hydroxylation is 1. The Morgan fingerprint density at radius 2 is 2.03 bits per heavy atom. The van der Waals surface area contributed by atoms with Crippen LogP contribution in [0.2, 0.25) is 0 Å². The summed E-state index contributed by atoms with van der Waals surface area (Å²) < 4.78 is 2.97. The number of anilines is 1. The van der Waals surface area contributed by atoms with Crippen LogP contribution >= 0.6 is 0 Å². The Labute approximate surface area is 195 Å². The maximum atomic E-state index is 13.6. The minimum atomic E-state index is -0.446. The molecule has 10 nitrogen and oxygen atoms in total. The Morgan fingerprint density at radius 3 is 2.82 bits per heavy atom. The van der Waals surface area contributed by atoms with Crippen molar-refractivity contribution >= 4 is 27.9 Å². The molecular weight excluding hydrogens is 432 g/mol. The molecule has 4 heterocycles. The molecule has 0 radical (unpaired) electrons. The number of nitrogens with two attached hydrogens (primary N) is 1. The fourth-order valence-electron chi connectivity index (χ4n) is 4.53. The summed E-state index contributed by atoms with van der Waals surface area (Å²) in [4.78, 5) is 42.3. The zero-order valence-corrected chi connectivity index (χ0v) is 19.2. The molecule has 3 aromatic heterocycles. The van der Waals surface area contributed by atoms with Crippen LogP contribution in [0.4, 0.5) is 5.95 Å². The summed E-state index contributed by atoms with van der Waals surface area (Å²) in [6.45, 7) is 5.28. The van der Waals surface area contributed by atoms with Crippen molar-refractivity contribution in [1.82, 2.24) is 29.3 Å². The molecular formula is C24H26N8O2. The minimum absolute atomic E-state index is 0.0162. The number of hydrogen-bond donors (Lipinski definition) is 2. The van der Waals surface area contributed by atoms with Gasteiger partial charge in [-0.1, -0.05) is 24.1 Å². The molecule has 1 atom stereocenters. The van der Waals surface area contributed by atoms with Crippen molar-refractivity contribution < 1.29 is 0 Å². The zero-order valence-electron chi connectivity index (χ0n) is 19.2. The van der Waals surface area contributed by atoms with Gasteiger partial charge >= 0.3 is 0 Å². The van der Waals surface area contributed by atoms with E-state index in [4.69, 9.17) is 5.73 Å². The van der Waals surface area contributed by atoms with Gasteiger partial charge in [-0.25, -0.2) is 19.6 Å². The highest BCUT2D eigenvalue weighted by Gasteiger charge is 2.25. The molecule has 34 heavy (non-hydrogen) atoms. The van der Waals surface area contributed by atoms with Gasteiger partial charge in [0, 0.05) is 30.2 Å². The molecule has 0 amide bonds. The predicted octanol–water partition coefficient (Wildman–Crippen LogP) is 1.14. The molecule has 0 unspecified atom stereocenters. The molecule has 0 aliphatic carbocycles. The Kier molecular flexibility index (Phi) is 5.63. The first-order valence-corrected chi connectivity index (χ1v) is 11.3. The van der Waals surface area contributed by atoms with Crippen molar-refractivity contribution in [3.63, 3.8) is 0 Å². The van der Waals surface area contributed by atoms with Gasteiger partial charge in [-0.05, 0) is 32.8 Å². The van der Waals surface area contributed by atoms with Crippen LogP contribution in [-0.2, 0) is 13.1 Å². The van der Waals surface area contributed by atoms with Crippen molar-refractivity contribution in [2.24, 2.45) is 5.73 Å². The van der Waals surface area contributed by atoms with Crippen molar-refractivity contribution in [2.45, 2.75) is 45.8 Å². The lowest BCUT2D eigenvalue weighted by Gasteiger charge is -2.31. The van der Waals surface area contributed by atoms with Crippen molar-refractivity contribution in [2.75, 3.05) is 18.0 Å². The number of nitrogens with one attached hydrogen (secondary N) is 1. The summed E-state index contributed by atoms with van der Waals surface area (Å²) in [6.07, 6.45) is 1.85. The van der Waals surface area contributed by atoms with Crippen LogP contribution in [0.1, 0.15) is 31.3 Å². The highest BCUT2D eigenvalue weighted by Crippen LogP contribution is 2.22. The molecule has 10 heteroatoms. The summed E-state index contributed by atoms with van der Waals surface area (Å²) in [7, 11) is 0. The molecule has 1 saturated heterocycles. The molecule has 0 saturated carbocycles. The van der Waals surface area contributed by atoms with Gasteiger partial charge in [-0.15, -0.1) is 5.92 Å². The lowest BCUT2D eigenvalue weighted by atomic mass is 10.1. The quantitative estimate of drug-likeness (QED) is 0.439. The molecule has 5 rings (SSSR count). The van der Waals surface area contributed by atoms with E-state index in [0.717, 1.165) is 36.0 Å². The summed E-state index contributed by atoms with van der Waals surface area (Å²) in [5.41, 5.74) is 7.27. The first-order chi connectivity index (χ1) is 16.5. The highest BCUT2D eigenvalue weighted by molar-refractivity contribution is 5.80. The fourth-order valence-corrected chi connectivity index (χ4v) is 4.53. The van der Waals surface area contributed by atoms with Crippen molar-refractivity contribution in [3.8, 4) is 11.8 Å². The lowest BCUT2D eigenvalue weighted by Crippen LogP contribution is -2.44. The van der Waals surface area contributed by atoms with E-state index in [2.05, 4.69) is 31.9 Å². The van der Waals surface area contributed by atoms with Crippen LogP contribution < -0.4 is 21.8 Å². The number of rotatable bonds is 4. The Hall–Kier alpha value is -3.97. The number of para-hydroxylation sites is 1. The number of hydrogen-bond acceptors (Lipinski definition) is 7. The van der Waals surface area contributed by atoms with Gasteiger partial charge in [0.15, 0.2) is 11.3 Å². The summed E-state index contributed by atoms with van der Waals surface area (Å²) in [5.74, 6) is 6.86. The van der Waals surface area contributed by atoms with Gasteiger partial charge < -0.3 is 10.6 Å². The summed E-state index contributed by atoms with van der Waals surface area (Å²) in [5, 5.41) is 3.60. The highest BCUT2D eigenvalue weighted by atomic mass is 16.2. The van der Waals surface area contributed by atoms with Gasteiger partial charge in [0.1, 0.15) is 12.1 Å². The van der Waals surface area contributed by atoms with Crippen molar-refractivity contribution in [1.29, 1.82) is 0 Å². The molecule has 1 fully saturated rings. The molecule has 1 aliphatic heterocycles. The maximum Gasteiger partial charge on any atom is 0.291 e. The van der Waals surface area contributed by atoms with Crippen LogP contribution in [-0.4, -0.2) is 48.4 Å². The number of nitrogens with zero attached hydrogens (tertiary/aromatic N) is 6. The number of aromatic nitrogens is 6. The minimum Gasteiger partial charge on any atom is -0.341 e. The van der Waals surface area contributed by atoms with E-state index in [-0.39, 0.29) is 35.7 Å². The zero-order chi connectivity index (χ0) is 23.8. The third-order valence-corrected chi connectivity index (χ3v) is 6.14. The maximum absolute atomic E-state index is 13.6. The normalized spacial score (nSPS) is 16.1. The van der Waals surface area contributed by atoms with E-state index in [9.17, 15) is 9.59 Å². The van der Waals surface area contributed by atoms with E-state index in [1.165, 1.54) is 4.68 Å². The average molecular weight is 459 g/mol. The molecule has 1 aromatic carbocycles. The van der Waals surface area contributed by atoms with E-state index >= 15 is 0 Å². The summed E-state index contributed by atoms with van der Waals surface area (Å²) in [6, 6.07) is 7.70. The third-order valence-electron chi connectivity index (χ3n) is 6.14. The number of benzene rings is 1. The lowest BCUT2D eigenvalue weighted by molar-refractivity contribution is 0.496. The van der Waals surface area contributed by atoms with E-state index in [1.54, 1.807) is 11.5 Å². The van der Waals surface area contributed by atoms with Gasteiger partial charge in [-0.3, -0.25) is 19.3 Å². The topological polar surface area (TPSA) is 128 Å². The number of imidazole rings is 1. The van der Waals surface area contributed by atoms with E-state index in [0.29, 0.717) is 18.3 Å².